The van der Waals surface area contributed by atoms with Crippen molar-refractivity contribution in [3.8, 4) is 16.3 Å². The van der Waals surface area contributed by atoms with Gasteiger partial charge in [0, 0.05) is 10.9 Å². The number of methoxy groups -OCH3 is 1. The maximum absolute atomic E-state index is 13.0. The number of aryl methyl sites for hydroxylation is 1. The van der Waals surface area contributed by atoms with Crippen LogP contribution in [0.25, 0.3) is 10.6 Å². The average molecular weight is 485 g/mol. The number of aromatic nitrogens is 1. The van der Waals surface area contributed by atoms with Crippen molar-refractivity contribution in [2.75, 3.05) is 12.0 Å². The maximum atomic E-state index is 13.0. The molecule has 1 aliphatic rings. The first-order valence-electron chi connectivity index (χ1n) is 10.8. The Hall–Kier alpha value is -4.30. The summed E-state index contributed by atoms with van der Waals surface area (Å²) in [6, 6.07) is 19.1. The van der Waals surface area contributed by atoms with Gasteiger partial charge in [0.15, 0.2) is 0 Å². The number of anilines is 1. The second kappa shape index (κ2) is 9.15. The molecule has 0 saturated heterocycles. The molecule has 0 fully saturated rings. The van der Waals surface area contributed by atoms with Crippen LogP contribution in [0.4, 0.5) is 5.69 Å². The number of benzene rings is 3. The molecule has 0 saturated carbocycles. The first-order chi connectivity index (χ1) is 17.0. The quantitative estimate of drug-likeness (QED) is 0.273. The van der Waals surface area contributed by atoms with E-state index in [0.717, 1.165) is 26.8 Å². The zero-order chi connectivity index (χ0) is 24.5. The predicted octanol–water partition coefficient (Wildman–Crippen LogP) is 5.28. The number of nitrogens with zero attached hydrogens (tertiary/aromatic N) is 2. The Morgan fingerprint density at radius 2 is 1.71 bits per heavy atom. The molecule has 4 aromatic rings. The van der Waals surface area contributed by atoms with Crippen molar-refractivity contribution < 1.29 is 23.9 Å². The molecule has 0 radical (unpaired) electrons. The lowest BCUT2D eigenvalue weighted by Crippen LogP contribution is -2.29. The Bertz CT molecular complexity index is 1460. The van der Waals surface area contributed by atoms with Gasteiger partial charge in [-0.1, -0.05) is 18.2 Å². The van der Waals surface area contributed by atoms with Crippen molar-refractivity contribution in [3.05, 3.63) is 100 Å². The number of esters is 1. The van der Waals surface area contributed by atoms with E-state index >= 15 is 0 Å². The van der Waals surface area contributed by atoms with Crippen LogP contribution in [0, 0.1) is 6.92 Å². The van der Waals surface area contributed by atoms with Crippen LogP contribution < -0.4 is 9.64 Å². The third-order valence-corrected chi connectivity index (χ3v) is 6.66. The summed E-state index contributed by atoms with van der Waals surface area (Å²) in [5, 5.41) is 2.63. The Labute approximate surface area is 205 Å². The Kier molecular flexibility index (Phi) is 5.88. The van der Waals surface area contributed by atoms with E-state index in [4.69, 9.17) is 9.47 Å². The highest BCUT2D eigenvalue weighted by Crippen LogP contribution is 2.31. The number of fused-ring (bicyclic) bond motifs is 1. The van der Waals surface area contributed by atoms with Gasteiger partial charge < -0.3 is 9.47 Å². The topological polar surface area (TPSA) is 85.8 Å². The van der Waals surface area contributed by atoms with E-state index in [-0.39, 0.29) is 23.3 Å². The van der Waals surface area contributed by atoms with E-state index in [1.165, 1.54) is 29.5 Å². The number of rotatable bonds is 6. The molecule has 0 spiro atoms. The van der Waals surface area contributed by atoms with E-state index in [2.05, 4.69) is 4.98 Å². The molecule has 5 rings (SSSR count). The number of hydrogen-bond donors (Lipinski definition) is 0. The second-order valence-corrected chi connectivity index (χ2v) is 8.80. The lowest BCUT2D eigenvalue weighted by Gasteiger charge is -2.16. The van der Waals surface area contributed by atoms with Crippen molar-refractivity contribution in [2.45, 2.75) is 13.5 Å². The number of para-hydroxylation sites is 1. The van der Waals surface area contributed by atoms with E-state index in [0.29, 0.717) is 11.4 Å². The minimum atomic E-state index is -0.596. The van der Waals surface area contributed by atoms with Gasteiger partial charge in [-0.2, -0.15) is 0 Å². The smallest absolute Gasteiger partial charge is 0.338 e. The molecule has 1 aliphatic heterocycles. The van der Waals surface area contributed by atoms with Gasteiger partial charge in [0.2, 0.25) is 0 Å². The monoisotopic (exact) mass is 484 g/mol. The fourth-order valence-corrected chi connectivity index (χ4v) is 4.67. The molecule has 0 N–H and O–H groups in total. The molecular formula is C27H20N2O5S. The Morgan fingerprint density at radius 3 is 2.46 bits per heavy atom. The largest absolute Gasteiger partial charge is 0.497 e. The normalized spacial score (nSPS) is 12.6. The van der Waals surface area contributed by atoms with Gasteiger partial charge in [0.1, 0.15) is 17.4 Å². The highest BCUT2D eigenvalue weighted by atomic mass is 32.1. The second-order valence-electron chi connectivity index (χ2n) is 7.94. The molecule has 0 atom stereocenters. The molecule has 0 bridgehead atoms. The van der Waals surface area contributed by atoms with Gasteiger partial charge in [-0.25, -0.2) is 14.7 Å². The van der Waals surface area contributed by atoms with E-state index in [1.807, 2.05) is 48.7 Å². The number of carbonyl (C=O) groups is 3. The summed E-state index contributed by atoms with van der Waals surface area (Å²) in [5.41, 5.74) is 3.53. The van der Waals surface area contributed by atoms with Crippen molar-refractivity contribution in [2.24, 2.45) is 0 Å². The van der Waals surface area contributed by atoms with E-state index < -0.39 is 17.8 Å². The number of amides is 2. The van der Waals surface area contributed by atoms with Gasteiger partial charge in [-0.15, -0.1) is 11.3 Å². The summed E-state index contributed by atoms with van der Waals surface area (Å²) in [6.45, 7) is 1.82. The van der Waals surface area contributed by atoms with Gasteiger partial charge >= 0.3 is 5.97 Å². The van der Waals surface area contributed by atoms with Crippen LogP contribution in [0.1, 0.15) is 42.3 Å². The summed E-state index contributed by atoms with van der Waals surface area (Å²) in [5.74, 6) is -0.706. The van der Waals surface area contributed by atoms with Gasteiger partial charge in [0.25, 0.3) is 11.8 Å². The van der Waals surface area contributed by atoms with Gasteiger partial charge in [-0.3, -0.25) is 9.59 Å². The lowest BCUT2D eigenvalue weighted by molar-refractivity contribution is 0.0468. The van der Waals surface area contributed by atoms with Gasteiger partial charge in [-0.05, 0) is 61.0 Å². The third kappa shape index (κ3) is 4.20. The fraction of sp³-hybridized carbons (Fsp3) is 0.111. The Morgan fingerprint density at radius 1 is 0.971 bits per heavy atom. The molecule has 0 aliphatic carbocycles. The van der Waals surface area contributed by atoms with Crippen LogP contribution in [0.15, 0.2) is 72.1 Å². The summed E-state index contributed by atoms with van der Waals surface area (Å²) in [4.78, 5) is 44.3. The molecule has 174 valence electrons. The van der Waals surface area contributed by atoms with Crippen LogP contribution in [-0.4, -0.2) is 29.9 Å². The summed E-state index contributed by atoms with van der Waals surface area (Å²) < 4.78 is 10.6. The summed E-state index contributed by atoms with van der Waals surface area (Å²) in [6.07, 6.45) is 0. The number of imide groups is 1. The number of hydrogen-bond acceptors (Lipinski definition) is 7. The molecule has 1 aromatic heterocycles. The predicted molar refractivity (Wildman–Crippen MR) is 132 cm³/mol. The van der Waals surface area contributed by atoms with E-state index in [9.17, 15) is 14.4 Å². The number of carbonyl (C=O) groups excluding carboxylic acids is 3. The zero-order valence-electron chi connectivity index (χ0n) is 19.0. The molecule has 0 unspecified atom stereocenters. The van der Waals surface area contributed by atoms with Crippen LogP contribution in [0.3, 0.4) is 0 Å². The average Bonchev–Trinajstić information content (AvgIpc) is 3.46. The highest BCUT2D eigenvalue weighted by molar-refractivity contribution is 7.13. The van der Waals surface area contributed by atoms with Crippen LogP contribution in [0.5, 0.6) is 5.75 Å². The van der Waals surface area contributed by atoms with E-state index in [1.54, 1.807) is 19.2 Å². The first-order valence-corrected chi connectivity index (χ1v) is 11.7. The van der Waals surface area contributed by atoms with Crippen LogP contribution >= 0.6 is 11.3 Å². The Balaban J connectivity index is 1.29. The third-order valence-electron chi connectivity index (χ3n) is 5.72. The van der Waals surface area contributed by atoms with Crippen molar-refractivity contribution in [1.82, 2.24) is 4.98 Å². The zero-order valence-corrected chi connectivity index (χ0v) is 19.8. The summed E-state index contributed by atoms with van der Waals surface area (Å²) >= 11 is 1.45. The maximum Gasteiger partial charge on any atom is 0.338 e. The molecule has 3 aromatic carbocycles. The van der Waals surface area contributed by atoms with Crippen LogP contribution in [0.2, 0.25) is 0 Å². The molecule has 8 heteroatoms. The number of thiazole rings is 1. The molecule has 2 amide bonds. The van der Waals surface area contributed by atoms with Crippen molar-refractivity contribution in [3.63, 3.8) is 0 Å². The minimum absolute atomic E-state index is 0.00914. The SMILES string of the molecule is COc1ccc(-c2nc(COC(=O)c3ccc4c(c3)C(=O)N(c3ccccc3C)C4=O)cs2)cc1. The highest BCUT2D eigenvalue weighted by Gasteiger charge is 2.37. The van der Waals surface area contributed by atoms with Crippen molar-refractivity contribution >= 4 is 34.8 Å². The molecule has 35 heavy (non-hydrogen) atoms. The standard InChI is InChI=1S/C27H20N2O5S/c1-16-5-3-4-6-23(16)29-25(30)21-12-9-18(13-22(21)26(29)31)27(32)34-14-19-15-35-24(28-19)17-7-10-20(33-2)11-8-17/h3-13,15H,14H2,1-2H3. The molecule has 2 heterocycles. The summed E-state index contributed by atoms with van der Waals surface area (Å²) in [7, 11) is 1.61. The molecule has 7 nitrogen and oxygen atoms in total. The molecular weight excluding hydrogens is 464 g/mol. The minimum Gasteiger partial charge on any atom is -0.497 e. The lowest BCUT2D eigenvalue weighted by atomic mass is 10.1. The fourth-order valence-electron chi connectivity index (χ4n) is 3.86. The first kappa shape index (κ1) is 22.5. The van der Waals surface area contributed by atoms with Crippen LogP contribution in [-0.2, 0) is 11.3 Å². The van der Waals surface area contributed by atoms with Gasteiger partial charge in [0.05, 0.1) is 35.2 Å². The number of ether oxygens (including phenoxy) is 2. The van der Waals surface area contributed by atoms with Crippen molar-refractivity contribution in [1.29, 1.82) is 0 Å².